The van der Waals surface area contributed by atoms with E-state index >= 15 is 0 Å². The highest BCUT2D eigenvalue weighted by Gasteiger charge is 2.57. The highest BCUT2D eigenvalue weighted by molar-refractivity contribution is 7.10. The van der Waals surface area contributed by atoms with Crippen LogP contribution in [0.15, 0.2) is 54.0 Å². The highest BCUT2D eigenvalue weighted by Crippen LogP contribution is 2.45. The van der Waals surface area contributed by atoms with Crippen LogP contribution in [0.4, 0.5) is 26.3 Å². The van der Waals surface area contributed by atoms with Gasteiger partial charge >= 0.3 is 18.3 Å². The van der Waals surface area contributed by atoms with Crippen LogP contribution >= 0.6 is 11.3 Å². The van der Waals surface area contributed by atoms with Crippen LogP contribution in [0.25, 0.3) is 0 Å². The number of hydrogen-bond acceptors (Lipinski definition) is 8. The van der Waals surface area contributed by atoms with E-state index in [1.807, 2.05) is 0 Å². The summed E-state index contributed by atoms with van der Waals surface area (Å²) >= 11 is 0.357. The van der Waals surface area contributed by atoms with Gasteiger partial charge in [0, 0.05) is 55.7 Å². The number of halogens is 6. The molecule has 3 aromatic rings. The molecule has 1 N–H and O–H groups in total. The summed E-state index contributed by atoms with van der Waals surface area (Å²) in [7, 11) is 0. The van der Waals surface area contributed by atoms with Gasteiger partial charge in [0.1, 0.15) is 22.1 Å². The summed E-state index contributed by atoms with van der Waals surface area (Å²) in [6, 6.07) is 10.6. The molecule has 0 spiro atoms. The number of benzene rings is 1. The van der Waals surface area contributed by atoms with Gasteiger partial charge in [-0.05, 0) is 57.2 Å². The van der Waals surface area contributed by atoms with Crippen molar-refractivity contribution in [3.63, 3.8) is 0 Å². The van der Waals surface area contributed by atoms with E-state index in [-0.39, 0.29) is 70.3 Å². The fraction of sp³-hybridized carbons (Fsp3) is 0.500. The van der Waals surface area contributed by atoms with Crippen LogP contribution in [0.3, 0.4) is 0 Å². The van der Waals surface area contributed by atoms with Crippen molar-refractivity contribution >= 4 is 29.1 Å². The number of aliphatic carboxylic acids is 1. The molecular weight excluding hydrogens is 754 g/mol. The minimum Gasteiger partial charge on any atom is -0.490 e. The molecule has 4 heterocycles. The summed E-state index contributed by atoms with van der Waals surface area (Å²) in [5.41, 5.74) is -4.74. The number of piperidine rings is 2. The average Bonchev–Trinajstić information content (AvgIpc) is 3.63. The van der Waals surface area contributed by atoms with Gasteiger partial charge in [-0.3, -0.25) is 19.4 Å². The number of carbonyl (C=O) groups excluding carboxylic acids is 2. The quantitative estimate of drug-likeness (QED) is 0.182. The maximum absolute atomic E-state index is 15.0. The molecule has 17 heteroatoms. The molecule has 2 amide bonds. The van der Waals surface area contributed by atoms with Crippen LogP contribution in [0.2, 0.25) is 0 Å². The van der Waals surface area contributed by atoms with Crippen molar-refractivity contribution in [2.45, 2.75) is 101 Å². The molecule has 296 valence electrons. The van der Waals surface area contributed by atoms with Crippen molar-refractivity contribution in [2.24, 2.45) is 0 Å². The lowest BCUT2D eigenvalue weighted by atomic mass is 9.72. The van der Waals surface area contributed by atoms with Gasteiger partial charge in [0.05, 0.1) is 29.2 Å². The van der Waals surface area contributed by atoms with Crippen molar-refractivity contribution in [1.82, 2.24) is 14.8 Å². The second-order valence-electron chi connectivity index (χ2n) is 13.8. The first-order valence-electron chi connectivity index (χ1n) is 17.8. The number of nitriles is 1. The lowest BCUT2D eigenvalue weighted by Gasteiger charge is -2.51. The molecule has 55 heavy (non-hydrogen) atoms. The van der Waals surface area contributed by atoms with E-state index in [4.69, 9.17) is 14.6 Å². The number of hydrogen-bond donors (Lipinski definition) is 1. The number of para-hydroxylation sites is 1. The SMILES string of the molecule is CCC[C@H]1N(C(=O)c2ncccc2C(F)(F)F)CCC[C@@]1(Oc1csc(C(F)(F)F)c1)C(=O)N1CCC(C#N)(c2ccccc2OC(C)CCC(=O)O)CC1. The molecular formula is C38H40F6N4O6S. The second kappa shape index (κ2) is 16.5. The molecule has 0 aliphatic carbocycles. The summed E-state index contributed by atoms with van der Waals surface area (Å²) in [6.07, 6.45) is -8.36. The first-order valence-corrected chi connectivity index (χ1v) is 18.7. The molecule has 2 aromatic heterocycles. The lowest BCUT2D eigenvalue weighted by molar-refractivity contribution is -0.160. The third-order valence-electron chi connectivity index (χ3n) is 10.1. The molecule has 2 aliphatic heterocycles. The maximum atomic E-state index is 15.0. The van der Waals surface area contributed by atoms with E-state index < -0.39 is 69.4 Å². The highest BCUT2D eigenvalue weighted by atomic mass is 32.1. The summed E-state index contributed by atoms with van der Waals surface area (Å²) in [5.74, 6) is -2.63. The number of likely N-dealkylation sites (tertiary alicyclic amines) is 2. The normalized spacial score (nSPS) is 20.7. The molecule has 0 radical (unpaired) electrons. The molecule has 1 aromatic carbocycles. The molecule has 10 nitrogen and oxygen atoms in total. The number of alkyl halides is 6. The van der Waals surface area contributed by atoms with Crippen molar-refractivity contribution in [2.75, 3.05) is 19.6 Å². The number of carboxylic acids is 1. The molecule has 2 aliphatic rings. The van der Waals surface area contributed by atoms with E-state index in [0.717, 1.165) is 34.7 Å². The molecule has 2 saturated heterocycles. The van der Waals surface area contributed by atoms with E-state index in [1.54, 1.807) is 38.1 Å². The third-order valence-corrected chi connectivity index (χ3v) is 11.1. The Morgan fingerprint density at radius 2 is 1.76 bits per heavy atom. The maximum Gasteiger partial charge on any atom is 0.425 e. The van der Waals surface area contributed by atoms with Gasteiger partial charge in [-0.25, -0.2) is 0 Å². The van der Waals surface area contributed by atoms with Gasteiger partial charge in [-0.2, -0.15) is 31.6 Å². The average molecular weight is 795 g/mol. The van der Waals surface area contributed by atoms with E-state index in [1.165, 1.54) is 4.90 Å². The Kier molecular flexibility index (Phi) is 12.4. The number of aromatic nitrogens is 1. The van der Waals surface area contributed by atoms with E-state index in [2.05, 4.69) is 11.1 Å². The molecule has 2 fully saturated rings. The largest absolute Gasteiger partial charge is 0.490 e. The zero-order valence-corrected chi connectivity index (χ0v) is 30.9. The number of carboxylic acid groups (broad SMARTS) is 1. The van der Waals surface area contributed by atoms with Gasteiger partial charge in [0.15, 0.2) is 0 Å². The van der Waals surface area contributed by atoms with Crippen molar-refractivity contribution < 1.29 is 55.3 Å². The fourth-order valence-corrected chi connectivity index (χ4v) is 8.12. The van der Waals surface area contributed by atoms with E-state index in [0.29, 0.717) is 29.1 Å². The summed E-state index contributed by atoms with van der Waals surface area (Å²) in [5, 5.41) is 20.8. The van der Waals surface area contributed by atoms with Crippen molar-refractivity contribution in [3.8, 4) is 17.6 Å². The zero-order valence-electron chi connectivity index (χ0n) is 30.1. The van der Waals surface area contributed by atoms with Crippen molar-refractivity contribution in [1.29, 1.82) is 5.26 Å². The lowest BCUT2D eigenvalue weighted by Crippen LogP contribution is -2.68. The minimum absolute atomic E-state index is 0.0108. The van der Waals surface area contributed by atoms with Crippen LogP contribution in [-0.2, 0) is 27.4 Å². The first kappa shape index (κ1) is 41.3. The number of rotatable bonds is 12. The van der Waals surface area contributed by atoms with Crippen LogP contribution in [0.5, 0.6) is 11.5 Å². The summed E-state index contributed by atoms with van der Waals surface area (Å²) in [6.45, 7) is 3.37. The Hall–Kier alpha value is -4.85. The Bertz CT molecular complexity index is 1900. The third kappa shape index (κ3) is 8.84. The standard InChI is InChI=1S/C38H40F6N4O6S/c1-3-8-29-36(54-25-21-30(55-22-25)38(42,43)44,14-7-18-48(29)33(51)32-27(37(39,40)41)10-6-17-46-32)34(52)47-19-15-35(23-45,16-20-47)26-9-4-5-11-28(26)53-24(2)12-13-31(49)50/h4-6,9-11,17,21-22,24,29H,3,7-8,12-16,18-20H2,1-2H3,(H,49,50)/t24?,29-,36+/m1/s1. The number of nitrogens with zero attached hydrogens (tertiary/aromatic N) is 4. The predicted molar refractivity (Wildman–Crippen MR) is 187 cm³/mol. The van der Waals surface area contributed by atoms with Gasteiger partial charge in [-0.1, -0.05) is 31.5 Å². The molecule has 0 bridgehead atoms. The minimum atomic E-state index is -4.93. The molecule has 5 rings (SSSR count). The number of amides is 2. The molecule has 1 unspecified atom stereocenters. The zero-order chi connectivity index (χ0) is 40.2. The topological polar surface area (TPSA) is 133 Å². The Balaban J connectivity index is 1.50. The fourth-order valence-electron chi connectivity index (χ4n) is 7.44. The molecule has 0 saturated carbocycles. The van der Waals surface area contributed by atoms with Gasteiger partial charge < -0.3 is 24.4 Å². The molecule has 3 atom stereocenters. The number of carbonyl (C=O) groups is 3. The van der Waals surface area contributed by atoms with Gasteiger partial charge in [0.25, 0.3) is 11.8 Å². The Morgan fingerprint density at radius 3 is 2.38 bits per heavy atom. The van der Waals surface area contributed by atoms with Gasteiger partial charge in [-0.15, -0.1) is 11.3 Å². The monoisotopic (exact) mass is 794 g/mol. The number of pyridine rings is 1. The predicted octanol–water partition coefficient (Wildman–Crippen LogP) is 8.12. The van der Waals surface area contributed by atoms with Crippen LogP contribution in [-0.4, -0.2) is 75.1 Å². The van der Waals surface area contributed by atoms with Crippen molar-refractivity contribution in [3.05, 3.63) is 75.7 Å². The van der Waals surface area contributed by atoms with Gasteiger partial charge in [0.2, 0.25) is 5.60 Å². The van der Waals surface area contributed by atoms with Crippen LogP contribution < -0.4 is 9.47 Å². The van der Waals surface area contributed by atoms with Crippen LogP contribution in [0, 0.1) is 11.3 Å². The summed E-state index contributed by atoms with van der Waals surface area (Å²) in [4.78, 5) is 45.5. The smallest absolute Gasteiger partial charge is 0.425 e. The Labute approximate surface area is 317 Å². The van der Waals surface area contributed by atoms with E-state index in [9.17, 15) is 46.0 Å². The second-order valence-corrected chi connectivity index (χ2v) is 14.7. The first-order chi connectivity index (χ1) is 26.0. The Morgan fingerprint density at radius 1 is 1.05 bits per heavy atom. The van der Waals surface area contributed by atoms with Crippen LogP contribution in [0.1, 0.15) is 91.7 Å². The number of thiophene rings is 1. The summed E-state index contributed by atoms with van der Waals surface area (Å²) < 4.78 is 95.7. The number of ether oxygens (including phenoxy) is 2.